The first-order chi connectivity index (χ1) is 11.5. The summed E-state index contributed by atoms with van der Waals surface area (Å²) in [5, 5.41) is 0. The molecule has 0 aliphatic heterocycles. The molecule has 1 heterocycles. The number of carbonyl (C=O) groups excluding carboxylic acids is 2. The van der Waals surface area contributed by atoms with Crippen molar-refractivity contribution in [2.75, 3.05) is 18.1 Å². The van der Waals surface area contributed by atoms with Crippen molar-refractivity contribution < 1.29 is 14.3 Å². The minimum atomic E-state index is -0.327. The van der Waals surface area contributed by atoms with Gasteiger partial charge in [-0.2, -0.15) is 0 Å². The van der Waals surface area contributed by atoms with Gasteiger partial charge in [0.25, 0.3) is 5.91 Å². The Labute approximate surface area is 142 Å². The van der Waals surface area contributed by atoms with Gasteiger partial charge in [-0.3, -0.25) is 14.5 Å². The van der Waals surface area contributed by atoms with Crippen molar-refractivity contribution in [1.29, 1.82) is 0 Å². The van der Waals surface area contributed by atoms with Crippen LogP contribution < -0.4 is 4.90 Å². The Morgan fingerprint density at radius 1 is 1.12 bits per heavy atom. The fourth-order valence-corrected chi connectivity index (χ4v) is 2.30. The molecule has 126 valence electrons. The number of pyridine rings is 1. The quantitative estimate of drug-likeness (QED) is 0.764. The third-order valence-corrected chi connectivity index (χ3v) is 3.77. The van der Waals surface area contributed by atoms with Crippen LogP contribution in [-0.2, 0) is 9.53 Å². The van der Waals surface area contributed by atoms with E-state index in [1.54, 1.807) is 31.3 Å². The molecule has 0 saturated carbocycles. The van der Waals surface area contributed by atoms with Crippen LogP contribution in [0.4, 0.5) is 5.82 Å². The molecule has 0 fully saturated rings. The summed E-state index contributed by atoms with van der Waals surface area (Å²) in [7, 11) is 0. The van der Waals surface area contributed by atoms with Crippen LogP contribution in [0.3, 0.4) is 0 Å². The van der Waals surface area contributed by atoms with E-state index in [2.05, 4.69) is 4.98 Å². The molecule has 0 aliphatic carbocycles. The summed E-state index contributed by atoms with van der Waals surface area (Å²) in [6.07, 6.45) is 1.75. The van der Waals surface area contributed by atoms with E-state index in [0.29, 0.717) is 18.0 Å². The summed E-state index contributed by atoms with van der Waals surface area (Å²) in [6.45, 7) is 6.28. The molecule has 0 spiro atoms. The number of benzene rings is 1. The van der Waals surface area contributed by atoms with Gasteiger partial charge in [0.05, 0.1) is 13.0 Å². The zero-order chi connectivity index (χ0) is 17.5. The van der Waals surface area contributed by atoms with E-state index in [0.717, 1.165) is 11.1 Å². The number of hydrogen-bond donors (Lipinski definition) is 0. The van der Waals surface area contributed by atoms with Gasteiger partial charge >= 0.3 is 5.97 Å². The summed E-state index contributed by atoms with van der Waals surface area (Å²) in [5.74, 6) is 0.0115. The number of amides is 1. The molecule has 1 amide bonds. The monoisotopic (exact) mass is 326 g/mol. The standard InChI is InChI=1S/C19H22N2O3/c1-4-24-18(22)10-12-21(17-7-5-6-11-20-17)19(23)16-9-8-14(2)15(3)13-16/h5-9,11,13H,4,10,12H2,1-3H3. The Morgan fingerprint density at radius 3 is 2.54 bits per heavy atom. The zero-order valence-corrected chi connectivity index (χ0v) is 14.3. The predicted molar refractivity (Wildman–Crippen MR) is 93.1 cm³/mol. The second-order valence-electron chi connectivity index (χ2n) is 5.50. The minimum absolute atomic E-state index is 0.126. The molecule has 5 nitrogen and oxygen atoms in total. The van der Waals surface area contributed by atoms with Crippen LogP contribution in [0.15, 0.2) is 42.6 Å². The first-order valence-corrected chi connectivity index (χ1v) is 7.98. The molecular formula is C19H22N2O3. The molecule has 2 rings (SSSR count). The largest absolute Gasteiger partial charge is 0.466 e. The lowest BCUT2D eigenvalue weighted by molar-refractivity contribution is -0.142. The molecule has 5 heteroatoms. The second kappa shape index (κ2) is 8.24. The Kier molecular flexibility index (Phi) is 6.07. The highest BCUT2D eigenvalue weighted by atomic mass is 16.5. The highest BCUT2D eigenvalue weighted by Crippen LogP contribution is 2.17. The number of ether oxygens (including phenoxy) is 1. The number of hydrogen-bond acceptors (Lipinski definition) is 4. The molecule has 1 aromatic carbocycles. The average Bonchev–Trinajstić information content (AvgIpc) is 2.58. The van der Waals surface area contributed by atoms with Gasteiger partial charge in [-0.05, 0) is 56.2 Å². The molecule has 0 bridgehead atoms. The lowest BCUT2D eigenvalue weighted by atomic mass is 10.1. The van der Waals surface area contributed by atoms with E-state index in [1.807, 2.05) is 32.0 Å². The van der Waals surface area contributed by atoms with Gasteiger partial charge in [-0.25, -0.2) is 4.98 Å². The van der Waals surface area contributed by atoms with E-state index in [-0.39, 0.29) is 24.8 Å². The van der Waals surface area contributed by atoms with Crippen molar-refractivity contribution in [1.82, 2.24) is 4.98 Å². The lowest BCUT2D eigenvalue weighted by Crippen LogP contribution is -2.34. The third-order valence-electron chi connectivity index (χ3n) is 3.77. The summed E-state index contributed by atoms with van der Waals surface area (Å²) < 4.78 is 4.95. The molecule has 1 aromatic heterocycles. The van der Waals surface area contributed by atoms with Crippen molar-refractivity contribution >= 4 is 17.7 Å². The average molecular weight is 326 g/mol. The second-order valence-corrected chi connectivity index (χ2v) is 5.50. The normalized spacial score (nSPS) is 10.3. The molecule has 0 N–H and O–H groups in total. The van der Waals surface area contributed by atoms with Gasteiger partial charge in [-0.15, -0.1) is 0 Å². The van der Waals surface area contributed by atoms with Gasteiger partial charge < -0.3 is 4.74 Å². The van der Waals surface area contributed by atoms with Crippen LogP contribution in [0.2, 0.25) is 0 Å². The van der Waals surface area contributed by atoms with Crippen LogP contribution >= 0.6 is 0 Å². The Bertz CT molecular complexity index is 714. The number of rotatable bonds is 6. The molecular weight excluding hydrogens is 304 g/mol. The maximum atomic E-state index is 12.9. The Balaban J connectivity index is 2.25. The fraction of sp³-hybridized carbons (Fsp3) is 0.316. The molecule has 24 heavy (non-hydrogen) atoms. The highest BCUT2D eigenvalue weighted by molar-refractivity contribution is 6.06. The molecule has 0 aliphatic rings. The molecule has 2 aromatic rings. The van der Waals surface area contributed by atoms with Gasteiger partial charge in [0.1, 0.15) is 5.82 Å². The fourth-order valence-electron chi connectivity index (χ4n) is 2.30. The van der Waals surface area contributed by atoms with Gasteiger partial charge in [0.15, 0.2) is 0 Å². The highest BCUT2D eigenvalue weighted by Gasteiger charge is 2.20. The van der Waals surface area contributed by atoms with Crippen LogP contribution in [0.25, 0.3) is 0 Å². The van der Waals surface area contributed by atoms with Gasteiger partial charge in [-0.1, -0.05) is 12.1 Å². The van der Waals surface area contributed by atoms with E-state index < -0.39 is 0 Å². The summed E-state index contributed by atoms with van der Waals surface area (Å²) >= 11 is 0. The molecule has 0 saturated heterocycles. The molecule has 0 atom stereocenters. The third kappa shape index (κ3) is 4.41. The van der Waals surface area contributed by atoms with E-state index >= 15 is 0 Å². The number of anilines is 1. The number of carbonyl (C=O) groups is 2. The Hall–Kier alpha value is -2.69. The SMILES string of the molecule is CCOC(=O)CCN(C(=O)c1ccc(C)c(C)c1)c1ccccn1. The van der Waals surface area contributed by atoms with Crippen LogP contribution in [0, 0.1) is 13.8 Å². The maximum absolute atomic E-state index is 12.9. The van der Waals surface area contributed by atoms with Crippen molar-refractivity contribution in [3.05, 3.63) is 59.3 Å². The maximum Gasteiger partial charge on any atom is 0.307 e. The Morgan fingerprint density at radius 2 is 1.92 bits per heavy atom. The summed E-state index contributed by atoms with van der Waals surface area (Å²) in [5.41, 5.74) is 2.75. The number of aromatic nitrogens is 1. The van der Waals surface area contributed by atoms with Crippen LogP contribution in [0.5, 0.6) is 0 Å². The predicted octanol–water partition coefficient (Wildman–Crippen LogP) is 3.30. The first kappa shape index (κ1) is 17.7. The number of nitrogens with zero attached hydrogens (tertiary/aromatic N) is 2. The number of esters is 1. The smallest absolute Gasteiger partial charge is 0.307 e. The minimum Gasteiger partial charge on any atom is -0.466 e. The molecule has 0 radical (unpaired) electrons. The van der Waals surface area contributed by atoms with Gasteiger partial charge in [0, 0.05) is 18.3 Å². The van der Waals surface area contributed by atoms with Crippen LogP contribution in [0.1, 0.15) is 34.8 Å². The lowest BCUT2D eigenvalue weighted by Gasteiger charge is -2.21. The molecule has 0 unspecified atom stereocenters. The van der Waals surface area contributed by atoms with Crippen molar-refractivity contribution in [2.24, 2.45) is 0 Å². The zero-order valence-electron chi connectivity index (χ0n) is 14.3. The first-order valence-electron chi connectivity index (χ1n) is 7.98. The van der Waals surface area contributed by atoms with Crippen molar-refractivity contribution in [3.63, 3.8) is 0 Å². The summed E-state index contributed by atoms with van der Waals surface area (Å²) in [4.78, 5) is 30.3. The summed E-state index contributed by atoms with van der Waals surface area (Å²) in [6, 6.07) is 10.9. The van der Waals surface area contributed by atoms with E-state index in [4.69, 9.17) is 4.74 Å². The van der Waals surface area contributed by atoms with E-state index in [9.17, 15) is 9.59 Å². The van der Waals surface area contributed by atoms with Gasteiger partial charge in [0.2, 0.25) is 0 Å². The topological polar surface area (TPSA) is 59.5 Å². The van der Waals surface area contributed by atoms with Crippen molar-refractivity contribution in [3.8, 4) is 0 Å². The van der Waals surface area contributed by atoms with E-state index in [1.165, 1.54) is 4.90 Å². The number of aryl methyl sites for hydroxylation is 2. The van der Waals surface area contributed by atoms with Crippen molar-refractivity contribution in [2.45, 2.75) is 27.2 Å². The van der Waals surface area contributed by atoms with Crippen LogP contribution in [-0.4, -0.2) is 30.0 Å².